The molecule has 1 saturated heterocycles. The molecule has 1 fully saturated rings. The van der Waals surface area contributed by atoms with E-state index in [-0.39, 0.29) is 30.4 Å². The highest BCUT2D eigenvalue weighted by atomic mass is 16.6. The molecule has 2 rings (SSSR count). The van der Waals surface area contributed by atoms with Gasteiger partial charge in [-0.15, -0.1) is 0 Å². The molecule has 0 saturated carbocycles. The van der Waals surface area contributed by atoms with Crippen molar-refractivity contribution in [3.05, 3.63) is 27.9 Å². The number of anilines is 1. The lowest BCUT2D eigenvalue weighted by Crippen LogP contribution is -2.27. The molecule has 0 aromatic carbocycles. The van der Waals surface area contributed by atoms with Crippen molar-refractivity contribution in [2.24, 2.45) is 0 Å². The van der Waals surface area contributed by atoms with Crippen LogP contribution in [0.25, 0.3) is 0 Å². The topological polar surface area (TPSA) is 96.6 Å². The van der Waals surface area contributed by atoms with Crippen molar-refractivity contribution < 1.29 is 14.8 Å². The minimum absolute atomic E-state index is 0.00199. The van der Waals surface area contributed by atoms with E-state index in [1.165, 1.54) is 12.3 Å². The molecule has 0 spiro atoms. The van der Waals surface area contributed by atoms with Gasteiger partial charge in [0.25, 0.3) is 0 Å². The van der Waals surface area contributed by atoms with Gasteiger partial charge in [-0.2, -0.15) is 0 Å². The Morgan fingerprint density at radius 3 is 2.88 bits per heavy atom. The van der Waals surface area contributed by atoms with Crippen LogP contribution in [-0.2, 0) is 4.79 Å². The molecule has 1 N–H and O–H groups in total. The normalized spacial score (nSPS) is 19.8. The number of amides is 1. The average Bonchev–Trinajstić information content (AvgIpc) is 2.57. The van der Waals surface area contributed by atoms with Crippen molar-refractivity contribution in [1.82, 2.24) is 4.98 Å². The molecule has 7 heteroatoms. The number of hydrogen-bond donors (Lipinski definition) is 1. The highest BCUT2D eigenvalue weighted by Crippen LogP contribution is 2.29. The summed E-state index contributed by atoms with van der Waals surface area (Å²) >= 11 is 0. The number of aliphatic hydroxyl groups excluding tert-OH is 1. The molecule has 0 aliphatic carbocycles. The molecule has 1 aromatic rings. The molecule has 1 unspecified atom stereocenters. The molecule has 0 radical (unpaired) electrons. The Labute approximate surface area is 96.8 Å². The number of hydrogen-bond acceptors (Lipinski definition) is 5. The van der Waals surface area contributed by atoms with Crippen LogP contribution >= 0.6 is 0 Å². The van der Waals surface area contributed by atoms with E-state index in [1.54, 1.807) is 6.92 Å². The summed E-state index contributed by atoms with van der Waals surface area (Å²) < 4.78 is 0. The number of pyridine rings is 1. The highest BCUT2D eigenvalue weighted by Gasteiger charge is 2.34. The van der Waals surface area contributed by atoms with Crippen LogP contribution in [0.1, 0.15) is 12.0 Å². The van der Waals surface area contributed by atoms with Gasteiger partial charge in [0.15, 0.2) is 0 Å². The predicted octanol–water partition coefficient (Wildman–Crippen LogP) is 0.396. The summed E-state index contributed by atoms with van der Waals surface area (Å²) in [6, 6.07) is 1.36. The third-order valence-corrected chi connectivity index (χ3v) is 2.54. The summed E-state index contributed by atoms with van der Waals surface area (Å²) in [5.41, 5.74) is 0.431. The summed E-state index contributed by atoms with van der Waals surface area (Å²) in [4.78, 5) is 26.9. The predicted molar refractivity (Wildman–Crippen MR) is 58.6 cm³/mol. The van der Waals surface area contributed by atoms with Gasteiger partial charge in [0.05, 0.1) is 24.0 Å². The van der Waals surface area contributed by atoms with Crippen molar-refractivity contribution in [3.8, 4) is 0 Å². The van der Waals surface area contributed by atoms with Gasteiger partial charge < -0.3 is 5.11 Å². The van der Waals surface area contributed by atoms with Crippen molar-refractivity contribution in [2.45, 2.75) is 19.4 Å². The van der Waals surface area contributed by atoms with Crippen molar-refractivity contribution in [1.29, 1.82) is 0 Å². The van der Waals surface area contributed by atoms with Crippen molar-refractivity contribution >= 4 is 17.4 Å². The van der Waals surface area contributed by atoms with E-state index in [1.807, 2.05) is 0 Å². The monoisotopic (exact) mass is 237 g/mol. The first-order valence-electron chi connectivity index (χ1n) is 5.08. The number of nitro groups is 1. The van der Waals surface area contributed by atoms with E-state index in [0.717, 1.165) is 4.90 Å². The summed E-state index contributed by atoms with van der Waals surface area (Å²) in [7, 11) is 0. The lowest BCUT2D eigenvalue weighted by molar-refractivity contribution is -0.384. The third-order valence-electron chi connectivity index (χ3n) is 2.54. The molecule has 7 nitrogen and oxygen atoms in total. The number of nitrogens with zero attached hydrogens (tertiary/aromatic N) is 3. The Morgan fingerprint density at radius 1 is 1.65 bits per heavy atom. The first kappa shape index (κ1) is 11.5. The number of β-amino-alcohol motifs (C(OH)–C–C–N with tert-alkyl or cyclic N) is 1. The second-order valence-corrected chi connectivity index (χ2v) is 3.97. The average molecular weight is 237 g/mol. The summed E-state index contributed by atoms with van der Waals surface area (Å²) in [6.07, 6.45) is 0.651. The number of aryl methyl sites for hydroxylation is 1. The van der Waals surface area contributed by atoms with Crippen LogP contribution in [-0.4, -0.2) is 33.6 Å². The molecule has 1 aliphatic rings. The maximum atomic E-state index is 11.5. The van der Waals surface area contributed by atoms with E-state index in [2.05, 4.69) is 4.98 Å². The molecule has 90 valence electrons. The van der Waals surface area contributed by atoms with Gasteiger partial charge in [-0.1, -0.05) is 0 Å². The molecule has 1 aliphatic heterocycles. The fourth-order valence-corrected chi connectivity index (χ4v) is 1.78. The van der Waals surface area contributed by atoms with Gasteiger partial charge in [-0.25, -0.2) is 4.98 Å². The van der Waals surface area contributed by atoms with Gasteiger partial charge in [-0.05, 0) is 12.5 Å². The van der Waals surface area contributed by atoms with Crippen molar-refractivity contribution in [3.63, 3.8) is 0 Å². The number of aromatic nitrogens is 1. The molecule has 1 aromatic heterocycles. The minimum Gasteiger partial charge on any atom is -0.391 e. The molecule has 17 heavy (non-hydrogen) atoms. The molecular weight excluding hydrogens is 226 g/mol. The zero-order chi connectivity index (χ0) is 12.6. The smallest absolute Gasteiger partial charge is 0.312 e. The van der Waals surface area contributed by atoms with Crippen LogP contribution in [0.5, 0.6) is 0 Å². The Hall–Kier alpha value is -2.02. The zero-order valence-electron chi connectivity index (χ0n) is 9.16. The Bertz CT molecular complexity index is 488. The van der Waals surface area contributed by atoms with Gasteiger partial charge in [0, 0.05) is 12.3 Å². The van der Waals surface area contributed by atoms with Crippen LogP contribution in [0, 0.1) is 17.0 Å². The fraction of sp³-hybridized carbons (Fsp3) is 0.400. The second-order valence-electron chi connectivity index (χ2n) is 3.97. The van der Waals surface area contributed by atoms with E-state index in [9.17, 15) is 20.0 Å². The lowest BCUT2D eigenvalue weighted by atomic mass is 10.2. The van der Waals surface area contributed by atoms with Gasteiger partial charge in [0.2, 0.25) is 11.7 Å². The molecule has 0 bridgehead atoms. The summed E-state index contributed by atoms with van der Waals surface area (Å²) in [5, 5.41) is 20.2. The van der Waals surface area contributed by atoms with Crippen LogP contribution < -0.4 is 4.90 Å². The fourth-order valence-electron chi connectivity index (χ4n) is 1.78. The number of aliphatic hydroxyl groups is 1. The summed E-state index contributed by atoms with van der Waals surface area (Å²) in [5.74, 6) is -0.348. The molecule has 2 heterocycles. The second kappa shape index (κ2) is 4.10. The first-order valence-corrected chi connectivity index (χ1v) is 5.08. The van der Waals surface area contributed by atoms with E-state index in [4.69, 9.17) is 0 Å². The SMILES string of the molecule is Cc1cnc(N2CC(O)CC2=O)c([N+](=O)[O-])c1. The van der Waals surface area contributed by atoms with E-state index < -0.39 is 11.0 Å². The Kier molecular flexibility index (Phi) is 2.76. The lowest BCUT2D eigenvalue weighted by Gasteiger charge is -2.14. The zero-order valence-corrected chi connectivity index (χ0v) is 9.16. The molecule has 1 amide bonds. The Morgan fingerprint density at radius 2 is 2.35 bits per heavy atom. The first-order chi connectivity index (χ1) is 7.99. The maximum absolute atomic E-state index is 11.5. The highest BCUT2D eigenvalue weighted by molar-refractivity contribution is 5.97. The van der Waals surface area contributed by atoms with Crippen molar-refractivity contribution in [2.75, 3.05) is 11.4 Å². The van der Waals surface area contributed by atoms with Crippen LogP contribution in [0.2, 0.25) is 0 Å². The van der Waals surface area contributed by atoms with Crippen LogP contribution in [0.15, 0.2) is 12.3 Å². The van der Waals surface area contributed by atoms with E-state index >= 15 is 0 Å². The van der Waals surface area contributed by atoms with Gasteiger partial charge in [0.1, 0.15) is 0 Å². The molecule has 1 atom stereocenters. The number of carbonyl (C=O) groups is 1. The maximum Gasteiger partial charge on any atom is 0.312 e. The van der Waals surface area contributed by atoms with Crippen LogP contribution in [0.4, 0.5) is 11.5 Å². The standard InChI is InChI=1S/C10H11N3O4/c1-6-2-8(13(16)17)10(11-4-6)12-5-7(14)3-9(12)15/h2,4,7,14H,3,5H2,1H3. The largest absolute Gasteiger partial charge is 0.391 e. The number of rotatable bonds is 2. The van der Waals surface area contributed by atoms with E-state index in [0.29, 0.717) is 5.56 Å². The summed E-state index contributed by atoms with van der Waals surface area (Å²) in [6.45, 7) is 1.74. The van der Waals surface area contributed by atoms with Gasteiger partial charge in [-0.3, -0.25) is 19.8 Å². The van der Waals surface area contributed by atoms with Crippen LogP contribution in [0.3, 0.4) is 0 Å². The van der Waals surface area contributed by atoms with Gasteiger partial charge >= 0.3 is 5.69 Å². The molecular formula is C10H11N3O4. The quantitative estimate of drug-likeness (QED) is 0.593. The number of carbonyl (C=O) groups excluding carboxylic acids is 1. The Balaban J connectivity index is 2.45. The third kappa shape index (κ3) is 2.09. The minimum atomic E-state index is -0.787.